The molecule has 0 saturated carbocycles. The second-order valence-electron chi connectivity index (χ2n) is 7.60. The molecule has 1 atom stereocenters. The number of benzene rings is 2. The number of carbonyl (C=O) groups excluding carboxylic acids is 1. The van der Waals surface area contributed by atoms with E-state index in [0.717, 1.165) is 16.9 Å². The average molecular weight is 436 g/mol. The van der Waals surface area contributed by atoms with Crippen LogP contribution in [0.25, 0.3) is 0 Å². The molecule has 2 rings (SSSR count). The lowest BCUT2D eigenvalue weighted by molar-refractivity contribution is -0.123. The Kier molecular flexibility index (Phi) is 9.05. The van der Waals surface area contributed by atoms with E-state index in [0.29, 0.717) is 6.54 Å². The van der Waals surface area contributed by atoms with Crippen molar-refractivity contribution >= 4 is 5.91 Å². The summed E-state index contributed by atoms with van der Waals surface area (Å²) in [5, 5.41) is 3.09. The summed E-state index contributed by atoms with van der Waals surface area (Å²) in [6, 6.07) is 12.2. The van der Waals surface area contributed by atoms with Crippen molar-refractivity contribution in [2.45, 2.75) is 33.0 Å². The van der Waals surface area contributed by atoms with Gasteiger partial charge >= 0.3 is 6.61 Å². The molecule has 0 heterocycles. The maximum absolute atomic E-state index is 12.6. The summed E-state index contributed by atoms with van der Waals surface area (Å²) in [6.45, 7) is 1.79. The zero-order chi connectivity index (χ0) is 23.0. The number of hydrogen-bond donors (Lipinski definition) is 1. The fraction of sp³-hybridized carbons (Fsp3) is 0.435. The number of ether oxygens (including phenoxy) is 3. The van der Waals surface area contributed by atoms with Crippen LogP contribution in [0, 0.1) is 5.92 Å². The summed E-state index contributed by atoms with van der Waals surface area (Å²) in [6.07, 6.45) is 0. The van der Waals surface area contributed by atoms with Gasteiger partial charge in [0.1, 0.15) is 5.75 Å². The first-order chi connectivity index (χ1) is 14.7. The Labute approximate surface area is 182 Å². The Balaban J connectivity index is 1.99. The minimum atomic E-state index is -2.93. The molecular weight excluding hydrogens is 406 g/mol. The second-order valence-corrected chi connectivity index (χ2v) is 7.60. The van der Waals surface area contributed by atoms with Gasteiger partial charge in [-0.15, -0.1) is 0 Å². The van der Waals surface area contributed by atoms with E-state index in [1.165, 1.54) is 13.2 Å². The number of hydrogen-bond acceptors (Lipinski definition) is 5. The predicted octanol–water partition coefficient (Wildman–Crippen LogP) is 4.25. The zero-order valence-corrected chi connectivity index (χ0v) is 18.5. The van der Waals surface area contributed by atoms with E-state index in [2.05, 4.69) is 10.1 Å². The van der Waals surface area contributed by atoms with Gasteiger partial charge in [0.15, 0.2) is 11.5 Å². The highest BCUT2D eigenvalue weighted by molar-refractivity contribution is 5.78. The van der Waals surface area contributed by atoms with Crippen LogP contribution in [-0.2, 0) is 11.3 Å². The minimum absolute atomic E-state index is 0.0269. The Hall–Kier alpha value is -2.87. The first-order valence-electron chi connectivity index (χ1n) is 9.97. The lowest BCUT2D eigenvalue weighted by Gasteiger charge is -2.25. The van der Waals surface area contributed by atoms with Crippen molar-refractivity contribution in [3.63, 3.8) is 0 Å². The number of rotatable bonds is 11. The number of methoxy groups -OCH3 is 2. The fourth-order valence-electron chi connectivity index (χ4n) is 3.28. The lowest BCUT2D eigenvalue weighted by atomic mass is 9.96. The van der Waals surface area contributed by atoms with E-state index in [1.807, 2.05) is 50.1 Å². The zero-order valence-electron chi connectivity index (χ0n) is 18.5. The molecule has 8 heteroatoms. The Morgan fingerprint density at radius 1 is 1.03 bits per heavy atom. The molecule has 0 fully saturated rings. The quantitative estimate of drug-likeness (QED) is 0.571. The van der Waals surface area contributed by atoms with Crippen LogP contribution < -0.4 is 19.5 Å². The normalized spacial score (nSPS) is 12.2. The van der Waals surface area contributed by atoms with Gasteiger partial charge in [-0.2, -0.15) is 8.78 Å². The minimum Gasteiger partial charge on any atom is -0.497 e. The largest absolute Gasteiger partial charge is 0.497 e. The summed E-state index contributed by atoms with van der Waals surface area (Å²) in [4.78, 5) is 14.5. The van der Waals surface area contributed by atoms with E-state index in [4.69, 9.17) is 9.47 Å². The smallest absolute Gasteiger partial charge is 0.387 e. The third kappa shape index (κ3) is 7.40. The van der Waals surface area contributed by atoms with Gasteiger partial charge in [-0.05, 0) is 48.4 Å². The van der Waals surface area contributed by atoms with Gasteiger partial charge in [0.2, 0.25) is 5.91 Å². The molecule has 1 unspecified atom stereocenters. The Bertz CT molecular complexity index is 844. The van der Waals surface area contributed by atoms with Crippen LogP contribution in [0.1, 0.15) is 31.0 Å². The van der Waals surface area contributed by atoms with Crippen molar-refractivity contribution in [3.8, 4) is 17.2 Å². The number of nitrogens with one attached hydrogen (secondary N) is 1. The molecule has 0 spiro atoms. The average Bonchev–Trinajstić information content (AvgIpc) is 2.72. The summed E-state index contributed by atoms with van der Waals surface area (Å²) in [5.74, 6) is 1.05. The first-order valence-corrected chi connectivity index (χ1v) is 9.97. The molecular formula is C23H30F2N2O4. The molecule has 6 nitrogen and oxygen atoms in total. The van der Waals surface area contributed by atoms with Gasteiger partial charge in [0.05, 0.1) is 26.8 Å². The molecule has 0 aromatic heterocycles. The van der Waals surface area contributed by atoms with Crippen LogP contribution in [0.3, 0.4) is 0 Å². The van der Waals surface area contributed by atoms with Crippen LogP contribution in [0.4, 0.5) is 8.78 Å². The van der Waals surface area contributed by atoms with Gasteiger partial charge < -0.3 is 19.5 Å². The molecule has 0 bridgehead atoms. The van der Waals surface area contributed by atoms with Crippen molar-refractivity contribution < 1.29 is 27.8 Å². The number of amides is 1. The predicted molar refractivity (Wildman–Crippen MR) is 115 cm³/mol. The topological polar surface area (TPSA) is 60.0 Å². The number of carbonyl (C=O) groups is 1. The number of alkyl halides is 2. The van der Waals surface area contributed by atoms with Crippen molar-refractivity contribution in [3.05, 3.63) is 53.6 Å². The van der Waals surface area contributed by atoms with Gasteiger partial charge in [-0.25, -0.2) is 0 Å². The van der Waals surface area contributed by atoms with E-state index in [9.17, 15) is 13.6 Å². The van der Waals surface area contributed by atoms with E-state index >= 15 is 0 Å². The standard InChI is InChI=1S/C23H30F2N2O4/c1-15(2)22(17-7-9-18(29-4)10-8-17)26-21(28)14-27(3)13-16-6-11-19(31-23(24)25)20(12-16)30-5/h6-12,15,22-23H,13-14H2,1-5H3,(H,26,28). The monoisotopic (exact) mass is 436 g/mol. The number of likely N-dealkylation sites (N-methyl/N-ethyl adjacent to an activating group) is 1. The van der Waals surface area contributed by atoms with Crippen molar-refractivity contribution in [2.75, 3.05) is 27.8 Å². The molecule has 0 aliphatic carbocycles. The van der Waals surface area contributed by atoms with Crippen LogP contribution in [0.2, 0.25) is 0 Å². The molecule has 0 radical (unpaired) electrons. The molecule has 170 valence electrons. The molecule has 1 amide bonds. The SMILES string of the molecule is COc1ccc(C(NC(=O)CN(C)Cc2ccc(OC(F)F)c(OC)c2)C(C)C)cc1. The van der Waals surface area contributed by atoms with Gasteiger partial charge in [0.25, 0.3) is 0 Å². The van der Waals surface area contributed by atoms with Crippen LogP contribution in [0.15, 0.2) is 42.5 Å². The number of nitrogens with zero attached hydrogens (tertiary/aromatic N) is 1. The highest BCUT2D eigenvalue weighted by Crippen LogP contribution is 2.30. The van der Waals surface area contributed by atoms with Crippen molar-refractivity contribution in [1.29, 1.82) is 0 Å². The molecule has 31 heavy (non-hydrogen) atoms. The third-order valence-corrected chi connectivity index (χ3v) is 4.77. The van der Waals surface area contributed by atoms with Crippen molar-refractivity contribution in [2.24, 2.45) is 5.92 Å². The van der Waals surface area contributed by atoms with E-state index in [1.54, 1.807) is 19.2 Å². The van der Waals surface area contributed by atoms with E-state index in [-0.39, 0.29) is 35.9 Å². The maximum atomic E-state index is 12.6. The molecule has 0 aliphatic heterocycles. The Morgan fingerprint density at radius 3 is 2.26 bits per heavy atom. The summed E-state index contributed by atoms with van der Waals surface area (Å²) < 4.78 is 39.7. The third-order valence-electron chi connectivity index (χ3n) is 4.77. The molecule has 1 N–H and O–H groups in total. The first kappa shape index (κ1) is 24.4. The van der Waals surface area contributed by atoms with Crippen LogP contribution in [0.5, 0.6) is 17.2 Å². The summed E-state index contributed by atoms with van der Waals surface area (Å²) in [7, 11) is 4.81. The van der Waals surface area contributed by atoms with E-state index < -0.39 is 6.61 Å². The van der Waals surface area contributed by atoms with Gasteiger partial charge in [-0.1, -0.05) is 32.0 Å². The summed E-state index contributed by atoms with van der Waals surface area (Å²) >= 11 is 0. The van der Waals surface area contributed by atoms with Gasteiger partial charge in [-0.3, -0.25) is 9.69 Å². The maximum Gasteiger partial charge on any atom is 0.387 e. The molecule has 0 aliphatic rings. The second kappa shape index (κ2) is 11.5. The van der Waals surface area contributed by atoms with Gasteiger partial charge in [0, 0.05) is 6.54 Å². The summed E-state index contributed by atoms with van der Waals surface area (Å²) in [5.41, 5.74) is 1.82. The fourth-order valence-corrected chi connectivity index (χ4v) is 3.28. The number of halogens is 2. The lowest BCUT2D eigenvalue weighted by Crippen LogP contribution is -2.38. The molecule has 2 aromatic carbocycles. The highest BCUT2D eigenvalue weighted by atomic mass is 19.3. The van der Waals surface area contributed by atoms with Crippen LogP contribution in [-0.4, -0.2) is 45.2 Å². The molecule has 2 aromatic rings. The highest BCUT2D eigenvalue weighted by Gasteiger charge is 2.19. The molecule has 0 saturated heterocycles. The van der Waals surface area contributed by atoms with Crippen molar-refractivity contribution in [1.82, 2.24) is 10.2 Å². The van der Waals surface area contributed by atoms with Crippen LogP contribution >= 0.6 is 0 Å². The Morgan fingerprint density at radius 2 is 1.71 bits per heavy atom.